The minimum Gasteiger partial charge on any atom is -0.388 e. The smallest absolute Gasteiger partial charge is 0.388 e. The maximum Gasteiger partial charge on any atom is 0.472 e. The highest BCUT2D eigenvalue weighted by Gasteiger charge is 2.36. The number of rotatable bonds is 0. The van der Waals surface area contributed by atoms with Crippen LogP contribution in [-0.4, -0.2) is 57.5 Å². The van der Waals surface area contributed by atoms with Crippen LogP contribution < -0.4 is 0 Å². The Kier molecular flexibility index (Phi) is 3.96. The lowest BCUT2D eigenvalue weighted by Gasteiger charge is -2.19. The third-order valence-corrected chi connectivity index (χ3v) is 2.76. The Labute approximate surface area is 84.7 Å². The monoisotopic (exact) mass is 242 g/mol. The van der Waals surface area contributed by atoms with Gasteiger partial charge in [0, 0.05) is 0 Å². The lowest BCUT2D eigenvalue weighted by Crippen LogP contribution is -2.44. The number of phosphoric ester groups is 1. The number of hydrogen-bond acceptors (Lipinski definition) is 7. The zero-order valence-electron chi connectivity index (χ0n) is 7.52. The molecule has 0 aromatic heterocycles. The van der Waals surface area contributed by atoms with Crippen molar-refractivity contribution < 1.29 is 38.6 Å². The molecule has 0 spiro atoms. The van der Waals surface area contributed by atoms with Crippen molar-refractivity contribution >= 4 is 13.6 Å². The number of aliphatic hydroxyl groups excluding tert-OH is 3. The molecule has 0 aromatic rings. The lowest BCUT2D eigenvalue weighted by atomic mass is 10.1. The van der Waals surface area contributed by atoms with Crippen LogP contribution >= 0.6 is 7.82 Å². The molecule has 0 amide bonds. The van der Waals surface area contributed by atoms with E-state index in [1.807, 2.05) is 0 Å². The molecule has 9 heteroatoms. The second kappa shape index (κ2) is 4.67. The summed E-state index contributed by atoms with van der Waals surface area (Å²) in [5.74, 6) is -1.01. The van der Waals surface area contributed by atoms with Crippen LogP contribution in [0.15, 0.2) is 0 Å². The Morgan fingerprint density at radius 1 is 1.27 bits per heavy atom. The molecule has 4 N–H and O–H groups in total. The van der Waals surface area contributed by atoms with Gasteiger partial charge in [-0.05, 0) is 0 Å². The number of Topliss-reactive ketones (excluding diaryl/α,β-unsaturated/α-hetero) is 1. The highest BCUT2D eigenvalue weighted by Crippen LogP contribution is 2.43. The van der Waals surface area contributed by atoms with Crippen molar-refractivity contribution in [1.29, 1.82) is 0 Å². The number of ketones is 1. The predicted molar refractivity (Wildman–Crippen MR) is 44.8 cm³/mol. The van der Waals surface area contributed by atoms with E-state index in [2.05, 4.69) is 9.05 Å². The first-order chi connectivity index (χ1) is 6.83. The van der Waals surface area contributed by atoms with Crippen LogP contribution in [0.25, 0.3) is 0 Å². The molecule has 8 nitrogen and oxygen atoms in total. The molecule has 1 saturated heterocycles. The van der Waals surface area contributed by atoms with Crippen molar-refractivity contribution in [1.82, 2.24) is 0 Å². The van der Waals surface area contributed by atoms with Crippen molar-refractivity contribution in [3.63, 3.8) is 0 Å². The van der Waals surface area contributed by atoms with Crippen LogP contribution in [0.1, 0.15) is 0 Å². The van der Waals surface area contributed by atoms with Crippen molar-refractivity contribution in [2.75, 3.05) is 13.2 Å². The van der Waals surface area contributed by atoms with Gasteiger partial charge in [-0.3, -0.25) is 13.8 Å². The Morgan fingerprint density at radius 2 is 1.87 bits per heavy atom. The van der Waals surface area contributed by atoms with E-state index in [4.69, 9.17) is 15.1 Å². The largest absolute Gasteiger partial charge is 0.472 e. The van der Waals surface area contributed by atoms with Crippen LogP contribution in [0.4, 0.5) is 0 Å². The van der Waals surface area contributed by atoms with Gasteiger partial charge in [0.1, 0.15) is 24.9 Å². The van der Waals surface area contributed by atoms with E-state index in [0.29, 0.717) is 0 Å². The topological polar surface area (TPSA) is 134 Å². The lowest BCUT2D eigenvalue weighted by molar-refractivity contribution is -0.140. The molecule has 15 heavy (non-hydrogen) atoms. The Hall–Kier alpha value is -0.340. The Bertz CT molecular complexity index is 291. The molecule has 1 aliphatic heterocycles. The van der Waals surface area contributed by atoms with Gasteiger partial charge in [0.2, 0.25) is 0 Å². The molecule has 0 aliphatic carbocycles. The van der Waals surface area contributed by atoms with E-state index >= 15 is 0 Å². The molecule has 1 aliphatic rings. The van der Waals surface area contributed by atoms with Gasteiger partial charge in [-0.15, -0.1) is 0 Å². The summed E-state index contributed by atoms with van der Waals surface area (Å²) in [6, 6.07) is 0. The first kappa shape index (κ1) is 12.7. The minimum atomic E-state index is -4.42. The standard InChI is InChI=1S/C6H11O8P/c7-3-1-13-15(11,12)14-2-4(8)6(10)5(3)9/h3,5-7,9-10H,1-2H2,(H,11,12)/t3?,5-,6-/m1/s1. The summed E-state index contributed by atoms with van der Waals surface area (Å²) in [5, 5.41) is 27.5. The molecule has 1 heterocycles. The van der Waals surface area contributed by atoms with Gasteiger partial charge in [0.25, 0.3) is 0 Å². The summed E-state index contributed by atoms with van der Waals surface area (Å²) < 4.78 is 19.4. The third-order valence-electron chi connectivity index (χ3n) is 1.83. The summed E-state index contributed by atoms with van der Waals surface area (Å²) in [5.41, 5.74) is 0. The van der Waals surface area contributed by atoms with Crippen LogP contribution in [0.5, 0.6) is 0 Å². The zero-order chi connectivity index (χ0) is 11.6. The van der Waals surface area contributed by atoms with E-state index in [-0.39, 0.29) is 0 Å². The molecule has 2 unspecified atom stereocenters. The highest BCUT2D eigenvalue weighted by molar-refractivity contribution is 7.47. The van der Waals surface area contributed by atoms with E-state index in [1.165, 1.54) is 0 Å². The molecule has 1 rings (SSSR count). The second-order valence-corrected chi connectivity index (χ2v) is 4.46. The molecule has 0 bridgehead atoms. The highest BCUT2D eigenvalue weighted by atomic mass is 31.2. The summed E-state index contributed by atoms with van der Waals surface area (Å²) in [7, 11) is -4.42. The van der Waals surface area contributed by atoms with Crippen molar-refractivity contribution in [2.45, 2.75) is 18.3 Å². The normalized spacial score (nSPS) is 44.3. The van der Waals surface area contributed by atoms with Gasteiger partial charge in [-0.2, -0.15) is 0 Å². The van der Waals surface area contributed by atoms with Crippen LogP contribution in [-0.2, 0) is 18.4 Å². The summed E-state index contributed by atoms with van der Waals surface area (Å²) in [6.45, 7) is -1.60. The molecule has 1 fully saturated rings. The first-order valence-electron chi connectivity index (χ1n) is 4.02. The fourth-order valence-electron chi connectivity index (χ4n) is 0.938. The van der Waals surface area contributed by atoms with Gasteiger partial charge >= 0.3 is 7.82 Å². The van der Waals surface area contributed by atoms with Crippen molar-refractivity contribution in [3.8, 4) is 0 Å². The Balaban J connectivity index is 2.82. The van der Waals surface area contributed by atoms with Gasteiger partial charge < -0.3 is 20.2 Å². The quantitative estimate of drug-likeness (QED) is 0.351. The summed E-state index contributed by atoms with van der Waals surface area (Å²) >= 11 is 0. The zero-order valence-corrected chi connectivity index (χ0v) is 8.41. The van der Waals surface area contributed by atoms with Crippen LogP contribution in [0.3, 0.4) is 0 Å². The number of carbonyl (C=O) groups excluding carboxylic acids is 1. The predicted octanol–water partition coefficient (Wildman–Crippen LogP) is -2.21. The maximum absolute atomic E-state index is 11.0. The minimum absolute atomic E-state index is 0.723. The fourth-order valence-corrected chi connectivity index (χ4v) is 1.64. The molecule has 4 atom stereocenters. The molecule has 88 valence electrons. The maximum atomic E-state index is 11.0. The van der Waals surface area contributed by atoms with Gasteiger partial charge in [-0.1, -0.05) is 0 Å². The SMILES string of the molecule is O=C1COP(=O)(O)OCC(O)[C@@H](O)[C@@H]1O. The number of hydrogen-bond donors (Lipinski definition) is 4. The Morgan fingerprint density at radius 3 is 2.47 bits per heavy atom. The first-order valence-corrected chi connectivity index (χ1v) is 5.52. The van der Waals surface area contributed by atoms with Crippen molar-refractivity contribution in [2.24, 2.45) is 0 Å². The van der Waals surface area contributed by atoms with E-state index in [1.54, 1.807) is 0 Å². The number of aliphatic hydroxyl groups is 3. The van der Waals surface area contributed by atoms with Gasteiger partial charge in [-0.25, -0.2) is 4.57 Å². The molecule has 0 radical (unpaired) electrons. The number of phosphoric acid groups is 1. The van der Waals surface area contributed by atoms with E-state index in [0.717, 1.165) is 0 Å². The van der Waals surface area contributed by atoms with Crippen LogP contribution in [0, 0.1) is 0 Å². The summed E-state index contributed by atoms with van der Waals surface area (Å²) in [6.07, 6.45) is -5.30. The second-order valence-electron chi connectivity index (χ2n) is 3.01. The summed E-state index contributed by atoms with van der Waals surface area (Å²) in [4.78, 5) is 19.9. The van der Waals surface area contributed by atoms with E-state index in [9.17, 15) is 14.5 Å². The average Bonchev–Trinajstić information content (AvgIpc) is 2.21. The molecule has 0 aromatic carbocycles. The molecular formula is C6H11O8P. The fraction of sp³-hybridized carbons (Fsp3) is 0.833. The third kappa shape index (κ3) is 3.32. The van der Waals surface area contributed by atoms with Crippen LogP contribution in [0.2, 0.25) is 0 Å². The molecule has 0 saturated carbocycles. The van der Waals surface area contributed by atoms with E-state index < -0.39 is 45.1 Å². The van der Waals surface area contributed by atoms with Crippen molar-refractivity contribution in [3.05, 3.63) is 0 Å². The van der Waals surface area contributed by atoms with Gasteiger partial charge in [0.05, 0.1) is 6.61 Å². The number of carbonyl (C=O) groups is 1. The van der Waals surface area contributed by atoms with Gasteiger partial charge in [0.15, 0.2) is 5.78 Å². The average molecular weight is 242 g/mol. The molecular weight excluding hydrogens is 231 g/mol.